The highest BCUT2D eigenvalue weighted by Crippen LogP contribution is 2.32. The molecule has 0 bridgehead atoms. The molecular formula is C20H24N2O3S. The van der Waals surface area contributed by atoms with Crippen molar-refractivity contribution in [2.75, 3.05) is 26.4 Å². The number of amides is 1. The summed E-state index contributed by atoms with van der Waals surface area (Å²) in [6.45, 7) is 3.03. The molecule has 3 heterocycles. The van der Waals surface area contributed by atoms with Gasteiger partial charge in [-0.25, -0.2) is 0 Å². The SMILES string of the molecule is O=C(NCC(c1ccsc1)N1CCCCCC1)c1ccc2c(c1)OCO2. The lowest BCUT2D eigenvalue weighted by Crippen LogP contribution is -2.38. The Hall–Kier alpha value is -2.05. The van der Waals surface area contributed by atoms with Crippen LogP contribution < -0.4 is 14.8 Å². The first-order chi connectivity index (χ1) is 12.8. The van der Waals surface area contributed by atoms with Gasteiger partial charge >= 0.3 is 0 Å². The summed E-state index contributed by atoms with van der Waals surface area (Å²) in [6, 6.07) is 7.74. The molecule has 2 aromatic rings. The van der Waals surface area contributed by atoms with E-state index in [0.717, 1.165) is 13.1 Å². The van der Waals surface area contributed by atoms with Crippen molar-refractivity contribution >= 4 is 17.2 Å². The molecule has 0 saturated carbocycles. The predicted octanol–water partition coefficient (Wildman–Crippen LogP) is 3.82. The van der Waals surface area contributed by atoms with Gasteiger partial charge in [0.25, 0.3) is 5.91 Å². The van der Waals surface area contributed by atoms with Gasteiger partial charge in [0.15, 0.2) is 11.5 Å². The lowest BCUT2D eigenvalue weighted by Gasteiger charge is -2.30. The number of carbonyl (C=O) groups is 1. The van der Waals surface area contributed by atoms with E-state index >= 15 is 0 Å². The van der Waals surface area contributed by atoms with Crippen LogP contribution >= 0.6 is 11.3 Å². The molecule has 1 amide bonds. The minimum atomic E-state index is -0.0710. The maximum Gasteiger partial charge on any atom is 0.251 e. The maximum absolute atomic E-state index is 12.6. The fraction of sp³-hybridized carbons (Fsp3) is 0.450. The van der Waals surface area contributed by atoms with Crippen molar-refractivity contribution in [3.05, 3.63) is 46.2 Å². The van der Waals surface area contributed by atoms with Gasteiger partial charge in [0, 0.05) is 12.1 Å². The van der Waals surface area contributed by atoms with E-state index in [2.05, 4.69) is 27.0 Å². The molecule has 1 N–H and O–H groups in total. The van der Waals surface area contributed by atoms with E-state index in [9.17, 15) is 4.79 Å². The van der Waals surface area contributed by atoms with Crippen LogP contribution in [0.25, 0.3) is 0 Å². The molecule has 5 nitrogen and oxygen atoms in total. The average molecular weight is 372 g/mol. The minimum absolute atomic E-state index is 0.0710. The topological polar surface area (TPSA) is 50.8 Å². The van der Waals surface area contributed by atoms with E-state index in [1.807, 2.05) is 0 Å². The Morgan fingerprint density at radius 3 is 2.69 bits per heavy atom. The van der Waals surface area contributed by atoms with Gasteiger partial charge in [-0.05, 0) is 66.5 Å². The number of rotatable bonds is 5. The normalized spacial score (nSPS) is 18.3. The van der Waals surface area contributed by atoms with Crippen molar-refractivity contribution in [3.63, 3.8) is 0 Å². The van der Waals surface area contributed by atoms with Gasteiger partial charge in [-0.1, -0.05) is 12.8 Å². The van der Waals surface area contributed by atoms with E-state index < -0.39 is 0 Å². The highest BCUT2D eigenvalue weighted by Gasteiger charge is 2.23. The third-order valence-corrected chi connectivity index (χ3v) is 5.80. The summed E-state index contributed by atoms with van der Waals surface area (Å²) in [6.07, 6.45) is 5.07. The molecule has 2 aliphatic heterocycles. The molecule has 0 radical (unpaired) electrons. The second kappa shape index (κ2) is 8.10. The van der Waals surface area contributed by atoms with E-state index in [1.165, 1.54) is 31.2 Å². The van der Waals surface area contributed by atoms with Gasteiger partial charge in [0.2, 0.25) is 6.79 Å². The second-order valence-corrected chi connectivity index (χ2v) is 7.58. The van der Waals surface area contributed by atoms with Crippen LogP contribution in [0.15, 0.2) is 35.0 Å². The number of hydrogen-bond acceptors (Lipinski definition) is 5. The van der Waals surface area contributed by atoms with Crippen molar-refractivity contribution in [2.24, 2.45) is 0 Å². The lowest BCUT2D eigenvalue weighted by molar-refractivity contribution is 0.0933. The molecule has 1 unspecified atom stereocenters. The van der Waals surface area contributed by atoms with Crippen LogP contribution in [0.1, 0.15) is 47.6 Å². The summed E-state index contributed by atoms with van der Waals surface area (Å²) in [4.78, 5) is 15.2. The summed E-state index contributed by atoms with van der Waals surface area (Å²) in [5.41, 5.74) is 1.90. The number of nitrogens with one attached hydrogen (secondary N) is 1. The standard InChI is InChI=1S/C20H24N2O3S/c23-20(15-5-6-18-19(11-15)25-14-24-18)21-12-17(16-7-10-26-13-16)22-8-3-1-2-4-9-22/h5-7,10-11,13,17H,1-4,8-9,12,14H2,(H,21,23). The zero-order chi connectivity index (χ0) is 17.8. The van der Waals surface area contributed by atoms with Gasteiger partial charge in [0.05, 0.1) is 6.04 Å². The first-order valence-corrected chi connectivity index (χ1v) is 10.2. The molecule has 1 fully saturated rings. The zero-order valence-corrected chi connectivity index (χ0v) is 15.6. The number of hydrogen-bond donors (Lipinski definition) is 1. The Labute approximate surface area is 157 Å². The number of nitrogens with zero attached hydrogens (tertiary/aromatic N) is 1. The van der Waals surface area contributed by atoms with Gasteiger partial charge in [-0.3, -0.25) is 9.69 Å². The van der Waals surface area contributed by atoms with Crippen molar-refractivity contribution < 1.29 is 14.3 Å². The minimum Gasteiger partial charge on any atom is -0.454 e. The third-order valence-electron chi connectivity index (χ3n) is 5.10. The van der Waals surface area contributed by atoms with E-state index in [-0.39, 0.29) is 18.7 Å². The molecule has 1 aromatic carbocycles. The third kappa shape index (κ3) is 3.86. The van der Waals surface area contributed by atoms with Crippen LogP contribution in [0.3, 0.4) is 0 Å². The number of benzene rings is 1. The quantitative estimate of drug-likeness (QED) is 0.867. The average Bonchev–Trinajstić information content (AvgIpc) is 3.28. The van der Waals surface area contributed by atoms with E-state index in [4.69, 9.17) is 9.47 Å². The molecule has 0 aliphatic carbocycles. The van der Waals surface area contributed by atoms with Crippen molar-refractivity contribution in [1.29, 1.82) is 0 Å². The summed E-state index contributed by atoms with van der Waals surface area (Å²) in [5, 5.41) is 7.43. The van der Waals surface area contributed by atoms with Crippen molar-refractivity contribution in [3.8, 4) is 11.5 Å². The van der Waals surface area contributed by atoms with Crippen LogP contribution in [0, 0.1) is 0 Å². The van der Waals surface area contributed by atoms with Crippen LogP contribution in [-0.2, 0) is 0 Å². The highest BCUT2D eigenvalue weighted by molar-refractivity contribution is 7.07. The molecule has 0 spiro atoms. The fourth-order valence-electron chi connectivity index (χ4n) is 3.66. The predicted molar refractivity (Wildman–Crippen MR) is 102 cm³/mol. The lowest BCUT2D eigenvalue weighted by atomic mass is 10.1. The van der Waals surface area contributed by atoms with Crippen molar-refractivity contribution in [1.82, 2.24) is 10.2 Å². The van der Waals surface area contributed by atoms with Crippen LogP contribution in [0.5, 0.6) is 11.5 Å². The molecule has 4 rings (SSSR count). The summed E-state index contributed by atoms with van der Waals surface area (Å²) in [7, 11) is 0. The number of likely N-dealkylation sites (tertiary alicyclic amines) is 1. The van der Waals surface area contributed by atoms with E-state index in [1.54, 1.807) is 29.5 Å². The van der Waals surface area contributed by atoms with Gasteiger partial charge in [0.1, 0.15) is 0 Å². The highest BCUT2D eigenvalue weighted by atomic mass is 32.1. The molecule has 1 atom stereocenters. The van der Waals surface area contributed by atoms with Crippen molar-refractivity contribution in [2.45, 2.75) is 31.7 Å². The number of thiophene rings is 1. The molecular weight excluding hydrogens is 348 g/mol. The molecule has 138 valence electrons. The Bertz CT molecular complexity index is 740. The molecule has 1 saturated heterocycles. The summed E-state index contributed by atoms with van der Waals surface area (Å²) < 4.78 is 10.7. The zero-order valence-electron chi connectivity index (χ0n) is 14.8. The maximum atomic E-state index is 12.6. The first-order valence-electron chi connectivity index (χ1n) is 9.25. The van der Waals surface area contributed by atoms with E-state index in [0.29, 0.717) is 23.6 Å². The Kier molecular flexibility index (Phi) is 5.41. The largest absolute Gasteiger partial charge is 0.454 e. The summed E-state index contributed by atoms with van der Waals surface area (Å²) >= 11 is 1.71. The Balaban J connectivity index is 1.45. The summed E-state index contributed by atoms with van der Waals surface area (Å²) in [5.74, 6) is 1.26. The Morgan fingerprint density at radius 2 is 1.92 bits per heavy atom. The second-order valence-electron chi connectivity index (χ2n) is 6.80. The van der Waals surface area contributed by atoms with Crippen LogP contribution in [0.4, 0.5) is 0 Å². The van der Waals surface area contributed by atoms with Crippen LogP contribution in [0.2, 0.25) is 0 Å². The molecule has 1 aromatic heterocycles. The molecule has 26 heavy (non-hydrogen) atoms. The number of ether oxygens (including phenoxy) is 2. The monoisotopic (exact) mass is 372 g/mol. The first kappa shape index (κ1) is 17.4. The van der Waals surface area contributed by atoms with Gasteiger partial charge in [-0.2, -0.15) is 11.3 Å². The Morgan fingerprint density at radius 1 is 1.12 bits per heavy atom. The molecule has 2 aliphatic rings. The van der Waals surface area contributed by atoms with Crippen LogP contribution in [-0.4, -0.2) is 37.2 Å². The molecule has 6 heteroatoms. The smallest absolute Gasteiger partial charge is 0.251 e. The fourth-order valence-corrected chi connectivity index (χ4v) is 4.37. The van der Waals surface area contributed by atoms with Gasteiger partial charge < -0.3 is 14.8 Å². The number of fused-ring (bicyclic) bond motifs is 1. The van der Waals surface area contributed by atoms with Gasteiger partial charge in [-0.15, -0.1) is 0 Å². The number of carbonyl (C=O) groups excluding carboxylic acids is 1.